The van der Waals surface area contributed by atoms with Crippen molar-refractivity contribution in [2.45, 2.75) is 38.6 Å². The molecule has 1 aliphatic heterocycles. The summed E-state index contributed by atoms with van der Waals surface area (Å²) in [5.41, 5.74) is 2.33. The molecule has 3 rings (SSSR count). The lowest BCUT2D eigenvalue weighted by Crippen LogP contribution is -2.57. The van der Waals surface area contributed by atoms with E-state index in [9.17, 15) is 8.42 Å². The van der Waals surface area contributed by atoms with Gasteiger partial charge in [0, 0.05) is 38.6 Å². The van der Waals surface area contributed by atoms with Crippen molar-refractivity contribution in [2.75, 3.05) is 25.4 Å². The van der Waals surface area contributed by atoms with Crippen LogP contribution in [-0.4, -0.2) is 59.0 Å². The Morgan fingerprint density at radius 2 is 1.96 bits per heavy atom. The third kappa shape index (κ3) is 4.73. The Hall–Kier alpha value is -2.35. The van der Waals surface area contributed by atoms with Crippen LogP contribution in [0, 0.1) is 0 Å². The molecule has 0 aliphatic carbocycles. The highest BCUT2D eigenvalue weighted by Gasteiger charge is 2.40. The first-order valence-electron chi connectivity index (χ1n) is 9.60. The second-order valence-corrected chi connectivity index (χ2v) is 10.5. The Kier molecular flexibility index (Phi) is 6.07. The van der Waals surface area contributed by atoms with Gasteiger partial charge < -0.3 is 14.8 Å². The van der Waals surface area contributed by atoms with Gasteiger partial charge in [0.25, 0.3) is 0 Å². The molecule has 0 amide bonds. The molecule has 2 aromatic rings. The van der Waals surface area contributed by atoms with E-state index in [0.717, 1.165) is 24.6 Å². The normalized spacial score (nSPS) is 18.8. The Morgan fingerprint density at radius 1 is 1.25 bits per heavy atom. The van der Waals surface area contributed by atoms with Gasteiger partial charge in [0.15, 0.2) is 15.8 Å². The van der Waals surface area contributed by atoms with E-state index in [1.807, 2.05) is 17.7 Å². The molecule has 1 aliphatic rings. The summed E-state index contributed by atoms with van der Waals surface area (Å²) in [6.07, 6.45) is 5.53. The number of imidazole rings is 1. The zero-order valence-corrected chi connectivity index (χ0v) is 17.6. The maximum atomic E-state index is 12.3. The highest BCUT2D eigenvalue weighted by Crippen LogP contribution is 2.23. The first-order valence-corrected chi connectivity index (χ1v) is 11.2. The van der Waals surface area contributed by atoms with Crippen molar-refractivity contribution in [1.82, 2.24) is 19.8 Å². The van der Waals surface area contributed by atoms with E-state index in [1.54, 1.807) is 26.4 Å². The van der Waals surface area contributed by atoms with E-state index < -0.39 is 14.6 Å². The number of nitrogens with one attached hydrogen (secondary N) is 1. The summed E-state index contributed by atoms with van der Waals surface area (Å²) in [5.74, 6) is 0.931. The van der Waals surface area contributed by atoms with Gasteiger partial charge in [0.1, 0.15) is 0 Å². The van der Waals surface area contributed by atoms with Crippen LogP contribution in [0.1, 0.15) is 31.9 Å². The molecule has 7 nitrogen and oxygen atoms in total. The highest BCUT2D eigenvalue weighted by atomic mass is 32.2. The summed E-state index contributed by atoms with van der Waals surface area (Å²) in [4.78, 5) is 10.9. The van der Waals surface area contributed by atoms with Crippen LogP contribution in [0.2, 0.25) is 0 Å². The summed E-state index contributed by atoms with van der Waals surface area (Å²) in [7, 11) is -3.07. The Labute approximate surface area is 167 Å². The van der Waals surface area contributed by atoms with Crippen LogP contribution in [0.3, 0.4) is 0 Å². The molecule has 152 valence electrons. The molecular formula is C20H29N5O2S. The van der Waals surface area contributed by atoms with Gasteiger partial charge in [-0.1, -0.05) is 24.3 Å². The van der Waals surface area contributed by atoms with Crippen molar-refractivity contribution in [3.63, 3.8) is 0 Å². The maximum Gasteiger partial charge on any atom is 0.194 e. The lowest BCUT2D eigenvalue weighted by atomic mass is 10.1. The average Bonchev–Trinajstić information content (AvgIpc) is 3.15. The summed E-state index contributed by atoms with van der Waals surface area (Å²) >= 11 is 0. The third-order valence-corrected chi connectivity index (χ3v) is 7.57. The van der Waals surface area contributed by atoms with Crippen LogP contribution in [0.5, 0.6) is 0 Å². The second-order valence-electron chi connectivity index (χ2n) is 7.72. The van der Waals surface area contributed by atoms with Gasteiger partial charge >= 0.3 is 0 Å². The zero-order valence-electron chi connectivity index (χ0n) is 16.8. The molecule has 0 unspecified atom stereocenters. The summed E-state index contributed by atoms with van der Waals surface area (Å²) in [6.45, 7) is 8.61. The predicted molar refractivity (Wildman–Crippen MR) is 112 cm³/mol. The van der Waals surface area contributed by atoms with E-state index in [2.05, 4.69) is 39.5 Å². The zero-order chi connectivity index (χ0) is 20.2. The first-order chi connectivity index (χ1) is 13.3. The topological polar surface area (TPSA) is 79.6 Å². The van der Waals surface area contributed by atoms with Gasteiger partial charge in [-0.25, -0.2) is 18.4 Å². The quantitative estimate of drug-likeness (QED) is 0.609. The molecule has 0 atom stereocenters. The van der Waals surface area contributed by atoms with Gasteiger partial charge in [-0.05, 0) is 31.9 Å². The lowest BCUT2D eigenvalue weighted by Gasteiger charge is -2.39. The fraction of sp³-hybridized carbons (Fsp3) is 0.500. The largest absolute Gasteiger partial charge is 0.357 e. The Morgan fingerprint density at radius 3 is 2.57 bits per heavy atom. The van der Waals surface area contributed by atoms with Gasteiger partial charge in [-0.2, -0.15) is 0 Å². The number of guanidine groups is 1. The number of aliphatic imine (C=N–C) groups is 1. The van der Waals surface area contributed by atoms with E-state index in [0.29, 0.717) is 19.6 Å². The minimum absolute atomic E-state index is 0.160. The van der Waals surface area contributed by atoms with Gasteiger partial charge in [-0.3, -0.25) is 0 Å². The van der Waals surface area contributed by atoms with Gasteiger partial charge in [0.2, 0.25) is 0 Å². The number of aromatic nitrogens is 2. The van der Waals surface area contributed by atoms with Crippen LogP contribution in [0.15, 0.2) is 48.0 Å². The van der Waals surface area contributed by atoms with Crippen LogP contribution in [0.4, 0.5) is 0 Å². The monoisotopic (exact) mass is 403 g/mol. The van der Waals surface area contributed by atoms with Crippen LogP contribution in [0.25, 0.3) is 0 Å². The van der Waals surface area contributed by atoms with Crippen LogP contribution in [-0.2, 0) is 22.9 Å². The van der Waals surface area contributed by atoms with Crippen molar-refractivity contribution in [3.8, 4) is 0 Å². The molecule has 0 spiro atoms. The SMILES string of the molecule is CCNC(=NCc1ccc(Cn2ccnc2)cc1)N1CCS(=O)(=O)C(C)(C)C1. The standard InChI is InChI=1S/C20H29N5O2S/c1-4-22-19(25-11-12-28(26,27)20(2,3)15-25)23-13-17-5-7-18(8-6-17)14-24-10-9-21-16-24/h5-10,16H,4,11-15H2,1-3H3,(H,22,23). The van der Waals surface area contributed by atoms with Crippen LogP contribution < -0.4 is 5.32 Å². The average molecular weight is 404 g/mol. The molecule has 0 saturated carbocycles. The number of hydrogen-bond donors (Lipinski definition) is 1. The second kappa shape index (κ2) is 8.34. The molecule has 1 aromatic heterocycles. The molecule has 1 N–H and O–H groups in total. The molecule has 0 radical (unpaired) electrons. The van der Waals surface area contributed by atoms with Gasteiger partial charge in [0.05, 0.1) is 23.4 Å². The number of nitrogens with zero attached hydrogens (tertiary/aromatic N) is 4. The molecule has 1 fully saturated rings. The number of hydrogen-bond acceptors (Lipinski definition) is 4. The summed E-state index contributed by atoms with van der Waals surface area (Å²) in [6, 6.07) is 8.39. The van der Waals surface area contributed by atoms with Crippen molar-refractivity contribution in [3.05, 3.63) is 54.1 Å². The number of sulfone groups is 1. The maximum absolute atomic E-state index is 12.3. The molecule has 2 heterocycles. The summed E-state index contributed by atoms with van der Waals surface area (Å²) in [5, 5.41) is 3.30. The predicted octanol–water partition coefficient (Wildman–Crippen LogP) is 1.91. The fourth-order valence-corrected chi connectivity index (χ4v) is 4.62. The lowest BCUT2D eigenvalue weighted by molar-refractivity contribution is 0.353. The smallest absolute Gasteiger partial charge is 0.194 e. The molecule has 0 bridgehead atoms. The highest BCUT2D eigenvalue weighted by molar-refractivity contribution is 7.92. The van der Waals surface area contributed by atoms with E-state index >= 15 is 0 Å². The minimum atomic E-state index is -3.07. The van der Waals surface area contributed by atoms with Gasteiger partial charge in [-0.15, -0.1) is 0 Å². The van der Waals surface area contributed by atoms with Crippen LogP contribution >= 0.6 is 0 Å². The molecule has 1 aromatic carbocycles. The third-order valence-electron chi connectivity index (χ3n) is 5.04. The van der Waals surface area contributed by atoms with Crippen molar-refractivity contribution in [2.24, 2.45) is 4.99 Å². The van der Waals surface area contributed by atoms with E-state index in [1.165, 1.54) is 5.56 Å². The Balaban J connectivity index is 1.67. The molecular weight excluding hydrogens is 374 g/mol. The van der Waals surface area contributed by atoms with E-state index in [-0.39, 0.29) is 5.75 Å². The molecule has 28 heavy (non-hydrogen) atoms. The van der Waals surface area contributed by atoms with Crippen molar-refractivity contribution in [1.29, 1.82) is 0 Å². The Bertz CT molecular complexity index is 903. The molecule has 8 heteroatoms. The van der Waals surface area contributed by atoms with Crippen molar-refractivity contribution < 1.29 is 8.42 Å². The van der Waals surface area contributed by atoms with E-state index in [4.69, 9.17) is 4.99 Å². The minimum Gasteiger partial charge on any atom is -0.357 e. The first kappa shape index (κ1) is 20.4. The number of benzene rings is 1. The summed E-state index contributed by atoms with van der Waals surface area (Å²) < 4.78 is 25.8. The number of rotatable bonds is 5. The fourth-order valence-electron chi connectivity index (χ4n) is 3.26. The van der Waals surface area contributed by atoms with Crippen molar-refractivity contribution >= 4 is 15.8 Å². The molecule has 1 saturated heterocycles.